The van der Waals surface area contributed by atoms with E-state index in [4.69, 9.17) is 4.74 Å². The molecule has 2 nitrogen and oxygen atoms in total. The lowest BCUT2D eigenvalue weighted by Crippen LogP contribution is -2.01. The number of hydrogen-bond donors (Lipinski definition) is 0. The van der Waals surface area contributed by atoms with Gasteiger partial charge in [-0.1, -0.05) is 141 Å². The molecule has 0 saturated heterocycles. The molecule has 0 aromatic rings. The number of carbonyl (C=O) groups excluding carboxylic acids is 1. The molecule has 146 valence electrons. The van der Waals surface area contributed by atoms with Gasteiger partial charge in [-0.25, -0.2) is 4.79 Å². The minimum Gasteiger partial charge on any atom is -0.463 e. The van der Waals surface area contributed by atoms with E-state index in [9.17, 15) is 4.79 Å². The van der Waals surface area contributed by atoms with Crippen LogP contribution in [-0.2, 0) is 9.53 Å². The zero-order valence-electron chi connectivity index (χ0n) is 15.7. The number of carbonyl (C=O) groups is 1. The Balaban J connectivity index is 3.03. The van der Waals surface area contributed by atoms with Gasteiger partial charge in [-0.15, -0.1) is 0 Å². The van der Waals surface area contributed by atoms with Crippen molar-refractivity contribution in [3.63, 3.8) is 0 Å². The van der Waals surface area contributed by atoms with Crippen molar-refractivity contribution in [3.05, 3.63) is 12.7 Å². The second-order valence-corrected chi connectivity index (χ2v) is 15.3. The van der Waals surface area contributed by atoms with Crippen LogP contribution < -0.4 is 0 Å². The van der Waals surface area contributed by atoms with E-state index in [1.165, 1.54) is 95.6 Å². The van der Waals surface area contributed by atoms with E-state index >= 15 is 0 Å². The fourth-order valence-electron chi connectivity index (χ4n) is 2.79. The number of rotatable bonds is 19. The molecule has 0 aliphatic rings. The second kappa shape index (κ2) is 21.2. The molecule has 0 bridgehead atoms. The summed E-state index contributed by atoms with van der Waals surface area (Å²) in [6, 6.07) is 1.44. The smallest absolute Gasteiger partial charge is 0.330 e. The predicted molar refractivity (Wildman–Crippen MR) is 128 cm³/mol. The molecule has 5 heteroatoms. The number of ether oxygens (including phenoxy) is 1. The van der Waals surface area contributed by atoms with E-state index in [-0.39, 0.29) is 5.97 Å². The molecule has 0 aromatic heterocycles. The molecule has 0 spiro atoms. The maximum atomic E-state index is 10.9. The second-order valence-electron chi connectivity index (χ2n) is 6.58. The fourth-order valence-corrected chi connectivity index (χ4v) is 5.33. The van der Waals surface area contributed by atoms with Crippen LogP contribution in [0.4, 0.5) is 0 Å². The summed E-state index contributed by atoms with van der Waals surface area (Å²) in [4.78, 5) is 10.9. The zero-order chi connectivity index (χ0) is 18.6. The molecule has 0 saturated carbocycles. The number of esters is 1. The van der Waals surface area contributed by atoms with Gasteiger partial charge in [-0.2, -0.15) is 0 Å². The predicted octanol–water partition coefficient (Wildman–Crippen LogP) is 7.45. The van der Waals surface area contributed by atoms with Crippen molar-refractivity contribution in [2.24, 2.45) is 0 Å². The van der Waals surface area contributed by atoms with Gasteiger partial charge in [0.2, 0.25) is 0 Å². The largest absolute Gasteiger partial charge is 0.463 e. The topological polar surface area (TPSA) is 26.3 Å². The van der Waals surface area contributed by atoms with Crippen LogP contribution >= 0.6 is 45.2 Å². The van der Waals surface area contributed by atoms with Crippen molar-refractivity contribution in [2.45, 2.75) is 97.5 Å². The van der Waals surface area contributed by atoms with Gasteiger partial charge in [-0.05, 0) is 6.42 Å². The van der Waals surface area contributed by atoms with Crippen LogP contribution in [0.15, 0.2) is 12.7 Å². The first kappa shape index (κ1) is 25.9. The Labute approximate surface area is 185 Å². The lowest BCUT2D eigenvalue weighted by Gasteiger charge is -2.04. The number of unbranched alkanes of at least 4 members (excludes halogenated alkanes) is 13. The molecule has 0 aromatic carbocycles. The van der Waals surface area contributed by atoms with Crippen molar-refractivity contribution in [3.8, 4) is 0 Å². The minimum absolute atomic E-state index is 0.300. The molecule has 0 amide bonds. The first-order valence-corrected chi connectivity index (χ1v) is 13.7. The highest BCUT2D eigenvalue weighted by atomic mass is 127. The van der Waals surface area contributed by atoms with Gasteiger partial charge in [0.05, 0.1) is 17.7 Å². The van der Waals surface area contributed by atoms with Crippen molar-refractivity contribution >= 4 is 60.7 Å². The van der Waals surface area contributed by atoms with Crippen LogP contribution in [0.2, 0.25) is 6.04 Å². The SMILES string of the molecule is C=CC(=O)OCCCCCCCCCCCCCCCC[Si]C(I)I. The lowest BCUT2D eigenvalue weighted by molar-refractivity contribution is -0.137. The molecule has 25 heavy (non-hydrogen) atoms. The Bertz CT molecular complexity index is 312. The third kappa shape index (κ3) is 22.8. The summed E-state index contributed by atoms with van der Waals surface area (Å²) >= 11 is 5.06. The van der Waals surface area contributed by atoms with E-state index in [0.717, 1.165) is 17.5 Å². The van der Waals surface area contributed by atoms with Gasteiger partial charge in [0.15, 0.2) is 0 Å². The third-order valence-corrected chi connectivity index (χ3v) is 7.87. The third-order valence-electron chi connectivity index (χ3n) is 4.28. The summed E-state index contributed by atoms with van der Waals surface area (Å²) < 4.78 is 5.81. The van der Waals surface area contributed by atoms with E-state index in [2.05, 4.69) is 51.8 Å². The van der Waals surface area contributed by atoms with Gasteiger partial charge in [0.25, 0.3) is 0 Å². The van der Waals surface area contributed by atoms with Crippen molar-refractivity contribution < 1.29 is 9.53 Å². The van der Waals surface area contributed by atoms with Crippen LogP contribution in [0, 0.1) is 0 Å². The van der Waals surface area contributed by atoms with Gasteiger partial charge >= 0.3 is 5.97 Å². The summed E-state index contributed by atoms with van der Waals surface area (Å²) in [5, 5.41) is 0. The van der Waals surface area contributed by atoms with Crippen molar-refractivity contribution in [2.75, 3.05) is 6.61 Å². The minimum atomic E-state index is -0.300. The maximum Gasteiger partial charge on any atom is 0.330 e. The average Bonchev–Trinajstić information content (AvgIpc) is 2.60. The van der Waals surface area contributed by atoms with Gasteiger partial charge in [0.1, 0.15) is 0 Å². The molecule has 0 aliphatic carbocycles. The molecule has 0 fully saturated rings. The summed E-state index contributed by atoms with van der Waals surface area (Å²) in [7, 11) is 1.15. The van der Waals surface area contributed by atoms with Crippen LogP contribution in [0.5, 0.6) is 0 Å². The van der Waals surface area contributed by atoms with E-state index in [0.29, 0.717) is 6.61 Å². The molecule has 0 rings (SSSR count). The monoisotopic (exact) mass is 590 g/mol. The highest BCUT2D eigenvalue weighted by molar-refractivity contribution is 14.2. The van der Waals surface area contributed by atoms with E-state index in [1.807, 2.05) is 0 Å². The van der Waals surface area contributed by atoms with Crippen LogP contribution in [0.1, 0.15) is 89.9 Å². The van der Waals surface area contributed by atoms with Gasteiger partial charge in [0, 0.05) is 6.08 Å². The first-order valence-electron chi connectivity index (χ1n) is 9.97. The lowest BCUT2D eigenvalue weighted by atomic mass is 10.0. The quantitative estimate of drug-likeness (QED) is 0.0390. The maximum absolute atomic E-state index is 10.9. The number of halogens is 2. The molecule has 0 N–H and O–H groups in total. The molecule has 0 unspecified atom stereocenters. The van der Waals surface area contributed by atoms with Gasteiger partial charge < -0.3 is 4.74 Å². The van der Waals surface area contributed by atoms with Crippen molar-refractivity contribution in [1.29, 1.82) is 0 Å². The van der Waals surface area contributed by atoms with Crippen molar-refractivity contribution in [1.82, 2.24) is 0 Å². The standard InChI is InChI=1S/C20H36I2O2Si/c1-2-19(23)24-17-15-13-11-9-7-5-3-4-6-8-10-12-14-16-18-25-20(21)22/h2,20H,1,3-18H2. The number of hydrogen-bond acceptors (Lipinski definition) is 2. The molecule has 0 aliphatic heterocycles. The summed E-state index contributed by atoms with van der Waals surface area (Å²) in [5.74, 6) is -0.300. The highest BCUT2D eigenvalue weighted by Crippen LogP contribution is 2.15. The highest BCUT2D eigenvalue weighted by Gasteiger charge is 1.99. The normalized spacial score (nSPS) is 11.0. The van der Waals surface area contributed by atoms with E-state index < -0.39 is 0 Å². The Morgan fingerprint density at radius 3 is 1.60 bits per heavy atom. The number of alkyl halides is 2. The molecule has 0 heterocycles. The Kier molecular flexibility index (Phi) is 21.9. The van der Waals surface area contributed by atoms with Crippen LogP contribution in [0.25, 0.3) is 0 Å². The van der Waals surface area contributed by atoms with Gasteiger partial charge in [-0.3, -0.25) is 0 Å². The Morgan fingerprint density at radius 2 is 1.20 bits per heavy atom. The fraction of sp³-hybridized carbons (Fsp3) is 0.850. The first-order chi connectivity index (χ1) is 12.2. The summed E-state index contributed by atoms with van der Waals surface area (Å²) in [5.41, 5.74) is 0. The molecule has 0 atom stereocenters. The van der Waals surface area contributed by atoms with Crippen LogP contribution in [0.3, 0.4) is 0 Å². The molecule has 2 radical (unpaired) electrons. The Morgan fingerprint density at radius 1 is 0.800 bits per heavy atom. The average molecular weight is 590 g/mol. The van der Waals surface area contributed by atoms with Crippen LogP contribution in [-0.4, -0.2) is 23.7 Å². The summed E-state index contributed by atoms with van der Waals surface area (Å²) in [6.07, 6.45) is 20.2. The molecular formula is C20H36I2O2Si. The van der Waals surface area contributed by atoms with E-state index in [1.54, 1.807) is 0 Å². The molecular weight excluding hydrogens is 554 g/mol. The zero-order valence-corrected chi connectivity index (χ0v) is 21.1. The summed E-state index contributed by atoms with van der Waals surface area (Å²) in [6.45, 7) is 3.93. The Hall–Kier alpha value is 0.887.